The third kappa shape index (κ3) is 3.66. The first-order chi connectivity index (χ1) is 10.8. The van der Waals surface area contributed by atoms with Gasteiger partial charge < -0.3 is 4.74 Å². The van der Waals surface area contributed by atoms with Gasteiger partial charge in [0.05, 0.1) is 6.10 Å². The molecule has 126 valence electrons. The molecule has 2 rings (SSSR count). The average Bonchev–Trinajstić information content (AvgIpc) is 2.85. The second-order valence-electron chi connectivity index (χ2n) is 5.58. The van der Waals surface area contributed by atoms with Crippen LogP contribution in [0.3, 0.4) is 0 Å². The van der Waals surface area contributed by atoms with Gasteiger partial charge in [-0.2, -0.15) is 4.80 Å². The van der Waals surface area contributed by atoms with E-state index >= 15 is 0 Å². The summed E-state index contributed by atoms with van der Waals surface area (Å²) in [5, 5.41) is 8.05. The fraction of sp³-hybridized carbons (Fsp3) is 0.643. The van der Waals surface area contributed by atoms with Crippen LogP contribution in [0.1, 0.15) is 33.1 Å². The van der Waals surface area contributed by atoms with Crippen molar-refractivity contribution >= 4 is 17.1 Å². The maximum atomic E-state index is 12.4. The standard InChI is InChI=1S/C14H21N5O4/c1-9(23-10(2)20)7-5-6-8-19-13(21)11-12(16-18(4)15-11)17(3)14(19)22/h9H,5-8H2,1-4H3. The fourth-order valence-electron chi connectivity index (χ4n) is 2.49. The monoisotopic (exact) mass is 323 g/mol. The SMILES string of the molecule is CC(=O)OC(C)CCCCn1c(=O)c2nn(C)nc2n(C)c1=O. The van der Waals surface area contributed by atoms with Crippen LogP contribution in [0.4, 0.5) is 0 Å². The Morgan fingerprint density at radius 1 is 1.22 bits per heavy atom. The summed E-state index contributed by atoms with van der Waals surface area (Å²) in [5.74, 6) is -0.310. The number of hydrogen-bond acceptors (Lipinski definition) is 6. The zero-order valence-corrected chi connectivity index (χ0v) is 13.8. The van der Waals surface area contributed by atoms with Crippen molar-refractivity contribution in [3.63, 3.8) is 0 Å². The Balaban J connectivity index is 2.10. The molecule has 0 aliphatic carbocycles. The molecule has 9 heteroatoms. The third-order valence-electron chi connectivity index (χ3n) is 3.59. The van der Waals surface area contributed by atoms with Crippen molar-refractivity contribution in [3.05, 3.63) is 20.8 Å². The summed E-state index contributed by atoms with van der Waals surface area (Å²) in [4.78, 5) is 36.7. The number of aryl methyl sites for hydroxylation is 2. The molecule has 0 aliphatic heterocycles. The van der Waals surface area contributed by atoms with Crippen molar-refractivity contribution in [1.29, 1.82) is 0 Å². The van der Waals surface area contributed by atoms with Crippen molar-refractivity contribution in [2.24, 2.45) is 14.1 Å². The largest absolute Gasteiger partial charge is 0.463 e. The molecular weight excluding hydrogens is 302 g/mol. The molecule has 2 heterocycles. The molecule has 0 saturated carbocycles. The molecule has 23 heavy (non-hydrogen) atoms. The van der Waals surface area contributed by atoms with Gasteiger partial charge in [0.2, 0.25) is 0 Å². The third-order valence-corrected chi connectivity index (χ3v) is 3.59. The summed E-state index contributed by atoms with van der Waals surface area (Å²) in [6, 6.07) is 0. The lowest BCUT2D eigenvalue weighted by molar-refractivity contribution is -0.145. The summed E-state index contributed by atoms with van der Waals surface area (Å²) >= 11 is 0. The highest BCUT2D eigenvalue weighted by Crippen LogP contribution is 2.06. The Morgan fingerprint density at radius 3 is 2.57 bits per heavy atom. The molecule has 9 nitrogen and oxygen atoms in total. The van der Waals surface area contributed by atoms with E-state index in [1.165, 1.54) is 20.9 Å². The van der Waals surface area contributed by atoms with Crippen molar-refractivity contribution in [3.8, 4) is 0 Å². The minimum atomic E-state index is -0.427. The number of esters is 1. The van der Waals surface area contributed by atoms with Crippen LogP contribution in [-0.4, -0.2) is 36.2 Å². The van der Waals surface area contributed by atoms with Gasteiger partial charge in [0.1, 0.15) is 0 Å². The topological polar surface area (TPSA) is 101 Å². The lowest BCUT2D eigenvalue weighted by Gasteiger charge is -2.11. The zero-order chi connectivity index (χ0) is 17.1. The van der Waals surface area contributed by atoms with Gasteiger partial charge in [-0.3, -0.25) is 18.7 Å². The smallest absolute Gasteiger partial charge is 0.332 e. The molecule has 1 atom stereocenters. The molecule has 2 aromatic rings. The number of hydrogen-bond donors (Lipinski definition) is 0. The predicted octanol–water partition coefficient (Wildman–Crippen LogP) is -0.0494. The molecule has 0 amide bonds. The quantitative estimate of drug-likeness (QED) is 0.546. The van der Waals surface area contributed by atoms with E-state index in [0.29, 0.717) is 19.4 Å². The number of fused-ring (bicyclic) bond motifs is 1. The van der Waals surface area contributed by atoms with Crippen LogP contribution in [0.15, 0.2) is 9.59 Å². The summed E-state index contributed by atoms with van der Waals surface area (Å²) in [6.07, 6.45) is 1.88. The molecule has 0 saturated heterocycles. The maximum Gasteiger partial charge on any atom is 0.332 e. The number of aromatic nitrogens is 5. The lowest BCUT2D eigenvalue weighted by atomic mass is 10.2. The van der Waals surface area contributed by atoms with E-state index in [1.54, 1.807) is 14.1 Å². The van der Waals surface area contributed by atoms with Crippen LogP contribution >= 0.6 is 0 Å². The number of ether oxygens (including phenoxy) is 1. The molecule has 0 aromatic carbocycles. The van der Waals surface area contributed by atoms with E-state index < -0.39 is 11.2 Å². The van der Waals surface area contributed by atoms with Gasteiger partial charge in [0.25, 0.3) is 5.56 Å². The fourth-order valence-corrected chi connectivity index (χ4v) is 2.49. The van der Waals surface area contributed by atoms with Crippen LogP contribution in [0, 0.1) is 0 Å². The normalized spacial score (nSPS) is 12.5. The minimum Gasteiger partial charge on any atom is -0.463 e. The van der Waals surface area contributed by atoms with Gasteiger partial charge in [-0.1, -0.05) is 0 Å². The Kier molecular flexibility index (Phi) is 4.97. The van der Waals surface area contributed by atoms with Gasteiger partial charge >= 0.3 is 11.7 Å². The lowest BCUT2D eigenvalue weighted by Crippen LogP contribution is -2.39. The van der Waals surface area contributed by atoms with Gasteiger partial charge in [-0.15, -0.1) is 10.2 Å². The number of carbonyl (C=O) groups is 1. The second-order valence-corrected chi connectivity index (χ2v) is 5.58. The molecule has 0 bridgehead atoms. The highest BCUT2D eigenvalue weighted by molar-refractivity contribution is 5.67. The summed E-state index contributed by atoms with van der Waals surface area (Å²) in [6.45, 7) is 3.49. The molecule has 0 fully saturated rings. The van der Waals surface area contributed by atoms with E-state index in [2.05, 4.69) is 10.2 Å². The predicted molar refractivity (Wildman–Crippen MR) is 83.1 cm³/mol. The van der Waals surface area contributed by atoms with Crippen molar-refractivity contribution in [2.75, 3.05) is 0 Å². The van der Waals surface area contributed by atoms with Gasteiger partial charge in [-0.05, 0) is 26.2 Å². The van der Waals surface area contributed by atoms with Crippen molar-refractivity contribution in [2.45, 2.75) is 45.8 Å². The molecular formula is C14H21N5O4. The molecule has 2 aromatic heterocycles. The van der Waals surface area contributed by atoms with E-state index in [-0.39, 0.29) is 23.2 Å². The molecule has 0 spiro atoms. The summed E-state index contributed by atoms with van der Waals surface area (Å²) in [7, 11) is 3.17. The second kappa shape index (κ2) is 6.76. The van der Waals surface area contributed by atoms with E-state index in [9.17, 15) is 14.4 Å². The van der Waals surface area contributed by atoms with Gasteiger partial charge in [-0.25, -0.2) is 4.79 Å². The van der Waals surface area contributed by atoms with Crippen LogP contribution in [0.2, 0.25) is 0 Å². The zero-order valence-electron chi connectivity index (χ0n) is 13.8. The Bertz CT molecular complexity index is 832. The average molecular weight is 323 g/mol. The summed E-state index contributed by atoms with van der Waals surface area (Å²) < 4.78 is 7.53. The van der Waals surface area contributed by atoms with Gasteiger partial charge in [0.15, 0.2) is 11.2 Å². The van der Waals surface area contributed by atoms with Crippen molar-refractivity contribution < 1.29 is 9.53 Å². The number of nitrogens with zero attached hydrogens (tertiary/aromatic N) is 5. The Morgan fingerprint density at radius 2 is 1.91 bits per heavy atom. The van der Waals surface area contributed by atoms with Gasteiger partial charge in [0, 0.05) is 27.6 Å². The van der Waals surface area contributed by atoms with Crippen LogP contribution in [-0.2, 0) is 30.2 Å². The van der Waals surface area contributed by atoms with E-state index in [1.807, 2.05) is 6.92 Å². The maximum absolute atomic E-state index is 12.4. The number of carbonyl (C=O) groups excluding carboxylic acids is 1. The Hall–Kier alpha value is -2.45. The number of unbranched alkanes of at least 4 members (excludes halogenated alkanes) is 1. The molecule has 0 aliphatic rings. The molecule has 1 unspecified atom stereocenters. The summed E-state index contributed by atoms with van der Waals surface area (Å²) in [5.41, 5.74) is -0.370. The minimum absolute atomic E-state index is 0.172. The van der Waals surface area contributed by atoms with Crippen LogP contribution in [0.25, 0.3) is 11.2 Å². The van der Waals surface area contributed by atoms with Crippen LogP contribution in [0.5, 0.6) is 0 Å². The van der Waals surface area contributed by atoms with E-state index in [0.717, 1.165) is 6.42 Å². The highest BCUT2D eigenvalue weighted by atomic mass is 16.5. The molecule has 0 radical (unpaired) electrons. The Labute approximate surface area is 132 Å². The van der Waals surface area contributed by atoms with Crippen LogP contribution < -0.4 is 11.2 Å². The number of rotatable bonds is 6. The first-order valence-electron chi connectivity index (χ1n) is 7.49. The molecule has 0 N–H and O–H groups in total. The van der Waals surface area contributed by atoms with Crippen molar-refractivity contribution in [1.82, 2.24) is 24.1 Å². The first-order valence-corrected chi connectivity index (χ1v) is 7.49. The first kappa shape index (κ1) is 16.9. The van der Waals surface area contributed by atoms with E-state index in [4.69, 9.17) is 4.74 Å². The highest BCUT2D eigenvalue weighted by Gasteiger charge is 2.15.